The molecular weight excluding hydrogens is 306 g/mol. The third kappa shape index (κ3) is 6.32. The van der Waals surface area contributed by atoms with Crippen molar-refractivity contribution in [1.82, 2.24) is 4.90 Å². The van der Waals surface area contributed by atoms with Crippen LogP contribution in [0.15, 0.2) is 24.3 Å². The second-order valence-corrected chi connectivity index (χ2v) is 5.80. The molecule has 0 aliphatic carbocycles. The van der Waals surface area contributed by atoms with Gasteiger partial charge in [0.1, 0.15) is 5.75 Å². The zero-order valence-electron chi connectivity index (χ0n) is 13.2. The average Bonchev–Trinajstić information content (AvgIpc) is 2.44. The summed E-state index contributed by atoms with van der Waals surface area (Å²) in [6, 6.07) is 6.33. The van der Waals surface area contributed by atoms with Crippen molar-refractivity contribution >= 4 is 24.2 Å². The van der Waals surface area contributed by atoms with Crippen LogP contribution in [0.1, 0.15) is 24.2 Å². The molecule has 1 aromatic carbocycles. The maximum absolute atomic E-state index is 12.0. The second-order valence-electron chi connectivity index (χ2n) is 5.80. The van der Waals surface area contributed by atoms with Gasteiger partial charge in [0.15, 0.2) is 6.61 Å². The van der Waals surface area contributed by atoms with Gasteiger partial charge in [0.2, 0.25) is 5.91 Å². The van der Waals surface area contributed by atoms with Gasteiger partial charge in [-0.1, -0.05) is 13.8 Å². The number of ether oxygens (including phenoxy) is 1. The maximum atomic E-state index is 12.0. The van der Waals surface area contributed by atoms with Gasteiger partial charge in [0, 0.05) is 19.2 Å². The number of likely N-dealkylation sites (N-methyl/N-ethyl adjacent to an activating group) is 1. The van der Waals surface area contributed by atoms with Gasteiger partial charge in [-0.2, -0.15) is 0 Å². The molecule has 2 amide bonds. The largest absolute Gasteiger partial charge is 0.484 e. The Bertz CT molecular complexity index is 503. The molecule has 4 N–H and O–H groups in total. The van der Waals surface area contributed by atoms with E-state index in [-0.39, 0.29) is 30.3 Å². The van der Waals surface area contributed by atoms with Crippen molar-refractivity contribution in [3.63, 3.8) is 0 Å². The second kappa shape index (κ2) is 8.60. The Kier molecular flexibility index (Phi) is 7.90. The minimum atomic E-state index is -0.499. The molecule has 1 aromatic rings. The number of hydrogen-bond donors (Lipinski definition) is 2. The van der Waals surface area contributed by atoms with E-state index < -0.39 is 5.91 Å². The molecule has 7 heteroatoms. The number of halogens is 1. The molecule has 0 heterocycles. The van der Waals surface area contributed by atoms with Crippen LogP contribution in [-0.2, 0) is 4.79 Å². The van der Waals surface area contributed by atoms with Crippen LogP contribution in [0.3, 0.4) is 0 Å². The summed E-state index contributed by atoms with van der Waals surface area (Å²) in [4.78, 5) is 24.5. The summed E-state index contributed by atoms with van der Waals surface area (Å²) in [6.07, 6.45) is 0. The van der Waals surface area contributed by atoms with Crippen molar-refractivity contribution in [1.29, 1.82) is 0 Å². The van der Waals surface area contributed by atoms with Gasteiger partial charge in [-0.25, -0.2) is 0 Å². The fourth-order valence-electron chi connectivity index (χ4n) is 1.77. The zero-order valence-corrected chi connectivity index (χ0v) is 14.0. The van der Waals surface area contributed by atoms with Crippen molar-refractivity contribution in [2.45, 2.75) is 13.8 Å². The minimum absolute atomic E-state index is 0. The number of primary amides is 1. The highest BCUT2D eigenvalue weighted by Crippen LogP contribution is 2.15. The van der Waals surface area contributed by atoms with E-state index in [1.54, 1.807) is 36.2 Å². The van der Waals surface area contributed by atoms with Gasteiger partial charge < -0.3 is 21.1 Å². The quantitative estimate of drug-likeness (QED) is 0.780. The van der Waals surface area contributed by atoms with Gasteiger partial charge >= 0.3 is 0 Å². The number of benzene rings is 1. The van der Waals surface area contributed by atoms with E-state index >= 15 is 0 Å². The van der Waals surface area contributed by atoms with Gasteiger partial charge in [-0.3, -0.25) is 9.59 Å². The van der Waals surface area contributed by atoms with Crippen LogP contribution < -0.4 is 16.2 Å². The van der Waals surface area contributed by atoms with Crippen LogP contribution in [0.2, 0.25) is 0 Å². The zero-order chi connectivity index (χ0) is 16.0. The molecule has 0 unspecified atom stereocenters. The molecular formula is C15H24ClN3O3. The minimum Gasteiger partial charge on any atom is -0.484 e. The van der Waals surface area contributed by atoms with Gasteiger partial charge in [-0.15, -0.1) is 12.4 Å². The Labute approximate surface area is 137 Å². The first-order chi connectivity index (χ1) is 9.75. The molecule has 0 aromatic heterocycles. The lowest BCUT2D eigenvalue weighted by Crippen LogP contribution is -2.41. The summed E-state index contributed by atoms with van der Waals surface area (Å²) in [5, 5.41) is 0. The van der Waals surface area contributed by atoms with Crippen LogP contribution in [0.4, 0.5) is 0 Å². The van der Waals surface area contributed by atoms with E-state index in [9.17, 15) is 9.59 Å². The van der Waals surface area contributed by atoms with Crippen molar-refractivity contribution < 1.29 is 14.3 Å². The van der Waals surface area contributed by atoms with E-state index in [4.69, 9.17) is 16.2 Å². The average molecular weight is 330 g/mol. The summed E-state index contributed by atoms with van der Waals surface area (Å²) >= 11 is 0. The van der Waals surface area contributed by atoms with Crippen LogP contribution >= 0.6 is 12.4 Å². The first-order valence-corrected chi connectivity index (χ1v) is 6.72. The van der Waals surface area contributed by atoms with Gasteiger partial charge in [-0.05, 0) is 36.2 Å². The molecule has 0 aliphatic heterocycles. The predicted molar refractivity (Wildman–Crippen MR) is 88.2 cm³/mol. The Balaban J connectivity index is 0.00000441. The molecule has 0 radical (unpaired) electrons. The third-order valence-corrected chi connectivity index (χ3v) is 3.14. The third-order valence-electron chi connectivity index (χ3n) is 3.14. The highest BCUT2D eigenvalue weighted by atomic mass is 35.5. The number of hydrogen-bond acceptors (Lipinski definition) is 4. The number of nitrogens with zero attached hydrogens (tertiary/aromatic N) is 1. The highest BCUT2D eigenvalue weighted by Gasteiger charge is 2.21. The first kappa shape index (κ1) is 20.2. The molecule has 0 atom stereocenters. The van der Waals surface area contributed by atoms with Crippen LogP contribution in [-0.4, -0.2) is 43.5 Å². The Morgan fingerprint density at radius 1 is 1.23 bits per heavy atom. The summed E-state index contributed by atoms with van der Waals surface area (Å²) in [6.45, 7) is 5.00. The summed E-state index contributed by atoms with van der Waals surface area (Å²) < 4.78 is 5.40. The summed E-state index contributed by atoms with van der Waals surface area (Å²) in [5.41, 5.74) is 11.1. The summed E-state index contributed by atoms with van der Waals surface area (Å²) in [7, 11) is 1.72. The lowest BCUT2D eigenvalue weighted by molar-refractivity contribution is -0.133. The smallest absolute Gasteiger partial charge is 0.260 e. The van der Waals surface area contributed by atoms with E-state index in [0.717, 1.165) is 0 Å². The Morgan fingerprint density at radius 2 is 1.77 bits per heavy atom. The molecule has 0 bridgehead atoms. The fraction of sp³-hybridized carbons (Fsp3) is 0.467. The van der Waals surface area contributed by atoms with Gasteiger partial charge in [0.05, 0.1) is 0 Å². The molecule has 6 nitrogen and oxygen atoms in total. The molecule has 22 heavy (non-hydrogen) atoms. The van der Waals surface area contributed by atoms with E-state index in [1.165, 1.54) is 0 Å². The SMILES string of the molecule is CN(CC(C)(C)CN)C(=O)COc1ccc(C(N)=O)cc1.Cl. The highest BCUT2D eigenvalue weighted by molar-refractivity contribution is 5.92. The lowest BCUT2D eigenvalue weighted by atomic mass is 9.93. The maximum Gasteiger partial charge on any atom is 0.260 e. The molecule has 0 saturated carbocycles. The van der Waals surface area contributed by atoms with Crippen molar-refractivity contribution in [3.05, 3.63) is 29.8 Å². The number of nitrogens with two attached hydrogens (primary N) is 2. The van der Waals surface area contributed by atoms with E-state index in [2.05, 4.69) is 0 Å². The molecule has 124 valence electrons. The van der Waals surface area contributed by atoms with E-state index in [1.807, 2.05) is 13.8 Å². The van der Waals surface area contributed by atoms with Gasteiger partial charge in [0.25, 0.3) is 5.91 Å². The van der Waals surface area contributed by atoms with Crippen LogP contribution in [0.5, 0.6) is 5.75 Å². The molecule has 0 saturated heterocycles. The lowest BCUT2D eigenvalue weighted by Gasteiger charge is -2.29. The standard InChI is InChI=1S/C15H23N3O3.ClH/c1-15(2,9-16)10-18(3)13(19)8-21-12-6-4-11(5-7-12)14(17)20;/h4-7H,8-10,16H2,1-3H3,(H2,17,20);1H. The van der Waals surface area contributed by atoms with E-state index in [0.29, 0.717) is 24.4 Å². The van der Waals surface area contributed by atoms with Crippen LogP contribution in [0, 0.1) is 5.41 Å². The number of amides is 2. The normalized spacial score (nSPS) is 10.5. The van der Waals surface area contributed by atoms with Crippen LogP contribution in [0.25, 0.3) is 0 Å². The fourth-order valence-corrected chi connectivity index (χ4v) is 1.77. The number of carbonyl (C=O) groups is 2. The van der Waals surface area contributed by atoms with Crippen molar-refractivity contribution in [2.75, 3.05) is 26.7 Å². The summed E-state index contributed by atoms with van der Waals surface area (Å²) in [5.74, 6) is -0.114. The van der Waals surface area contributed by atoms with Crippen molar-refractivity contribution in [3.8, 4) is 5.75 Å². The molecule has 0 aliphatic rings. The topological polar surface area (TPSA) is 98.7 Å². The molecule has 1 rings (SSSR count). The Hall–Kier alpha value is -1.79. The first-order valence-electron chi connectivity index (χ1n) is 6.72. The molecule has 0 fully saturated rings. The molecule has 0 spiro atoms. The monoisotopic (exact) mass is 329 g/mol. The number of carbonyl (C=O) groups excluding carboxylic acids is 2. The number of rotatable bonds is 7. The van der Waals surface area contributed by atoms with Crippen molar-refractivity contribution in [2.24, 2.45) is 16.9 Å². The Morgan fingerprint density at radius 3 is 2.23 bits per heavy atom. The predicted octanol–water partition coefficient (Wildman–Crippen LogP) is 1.03.